The fourth-order valence-corrected chi connectivity index (χ4v) is 2.39. The van der Waals surface area contributed by atoms with Crippen LogP contribution in [0.15, 0.2) is 53.7 Å². The Balaban J connectivity index is 1.98. The van der Waals surface area contributed by atoms with Gasteiger partial charge < -0.3 is 11.1 Å². The van der Waals surface area contributed by atoms with Crippen molar-refractivity contribution in [3.63, 3.8) is 0 Å². The number of rotatable bonds is 4. The van der Waals surface area contributed by atoms with E-state index in [1.54, 1.807) is 12.4 Å². The topological polar surface area (TPSA) is 68.0 Å². The minimum atomic E-state index is -0.232. The van der Waals surface area contributed by atoms with E-state index < -0.39 is 0 Å². The average molecular weight is 273 g/mol. The molecule has 0 radical (unpaired) electrons. The Bertz CT molecular complexity index is 560. The molecule has 1 aromatic carbocycles. The van der Waals surface area contributed by atoms with Gasteiger partial charge in [-0.3, -0.25) is 9.78 Å². The number of amides is 1. The highest BCUT2D eigenvalue weighted by Crippen LogP contribution is 2.28. The molecule has 0 saturated carbocycles. The monoisotopic (exact) mass is 273 g/mol. The number of carbonyl (C=O) groups is 1. The van der Waals surface area contributed by atoms with Gasteiger partial charge in [-0.15, -0.1) is 11.8 Å². The van der Waals surface area contributed by atoms with Crippen LogP contribution in [0.5, 0.6) is 0 Å². The summed E-state index contributed by atoms with van der Waals surface area (Å²) in [5.41, 5.74) is 7.19. The van der Waals surface area contributed by atoms with Crippen LogP contribution in [0.4, 0.5) is 11.4 Å². The van der Waals surface area contributed by atoms with E-state index in [0.29, 0.717) is 5.69 Å². The molecule has 0 fully saturated rings. The third-order valence-corrected chi connectivity index (χ3v) is 3.72. The van der Waals surface area contributed by atoms with Crippen LogP contribution in [0.3, 0.4) is 0 Å². The SMILES string of the molecule is CC(Sc1ccncc1N)C(=O)Nc1ccccc1. The third kappa shape index (κ3) is 3.72. The van der Waals surface area contributed by atoms with Gasteiger partial charge in [0.25, 0.3) is 0 Å². The first-order valence-corrected chi connectivity index (χ1v) is 6.77. The molecule has 0 aliphatic carbocycles. The van der Waals surface area contributed by atoms with Gasteiger partial charge in [-0.1, -0.05) is 18.2 Å². The van der Waals surface area contributed by atoms with Crippen LogP contribution in [0.2, 0.25) is 0 Å². The molecule has 1 unspecified atom stereocenters. The molecule has 1 aromatic heterocycles. The average Bonchev–Trinajstić information content (AvgIpc) is 2.42. The Kier molecular flexibility index (Phi) is 4.41. The predicted molar refractivity (Wildman–Crippen MR) is 79.0 cm³/mol. The number of pyridine rings is 1. The molecule has 0 aliphatic rings. The summed E-state index contributed by atoms with van der Waals surface area (Å²) in [6.07, 6.45) is 3.25. The van der Waals surface area contributed by atoms with Gasteiger partial charge in [0, 0.05) is 16.8 Å². The number of nitrogens with zero attached hydrogens (tertiary/aromatic N) is 1. The van der Waals surface area contributed by atoms with Crippen LogP contribution in [0.1, 0.15) is 6.92 Å². The fraction of sp³-hybridized carbons (Fsp3) is 0.143. The van der Waals surface area contributed by atoms with Crippen molar-refractivity contribution < 1.29 is 4.79 Å². The zero-order valence-electron chi connectivity index (χ0n) is 10.5. The Hall–Kier alpha value is -2.01. The van der Waals surface area contributed by atoms with Gasteiger partial charge in [0.2, 0.25) is 5.91 Å². The molecule has 4 nitrogen and oxygen atoms in total. The lowest BCUT2D eigenvalue weighted by molar-refractivity contribution is -0.115. The molecule has 1 heterocycles. The molecule has 0 aliphatic heterocycles. The molecular weight excluding hydrogens is 258 g/mol. The number of anilines is 2. The summed E-state index contributed by atoms with van der Waals surface area (Å²) in [5.74, 6) is -0.0487. The van der Waals surface area contributed by atoms with Crippen LogP contribution in [0, 0.1) is 0 Å². The van der Waals surface area contributed by atoms with Crippen molar-refractivity contribution in [2.75, 3.05) is 11.1 Å². The number of thioether (sulfide) groups is 1. The van der Waals surface area contributed by atoms with Gasteiger partial charge in [-0.25, -0.2) is 0 Å². The highest BCUT2D eigenvalue weighted by Gasteiger charge is 2.15. The maximum atomic E-state index is 12.0. The Morgan fingerprint density at radius 2 is 2.05 bits per heavy atom. The smallest absolute Gasteiger partial charge is 0.237 e. The number of carbonyl (C=O) groups excluding carboxylic acids is 1. The van der Waals surface area contributed by atoms with Crippen molar-refractivity contribution in [2.24, 2.45) is 0 Å². The number of nitrogens with one attached hydrogen (secondary N) is 1. The highest BCUT2D eigenvalue weighted by atomic mass is 32.2. The van der Waals surface area contributed by atoms with E-state index >= 15 is 0 Å². The number of para-hydroxylation sites is 1. The molecular formula is C14H15N3OS. The quantitative estimate of drug-likeness (QED) is 0.841. The maximum Gasteiger partial charge on any atom is 0.237 e. The van der Waals surface area contributed by atoms with Gasteiger partial charge in [0.05, 0.1) is 17.1 Å². The third-order valence-electron chi connectivity index (χ3n) is 2.52. The van der Waals surface area contributed by atoms with Crippen molar-refractivity contribution in [2.45, 2.75) is 17.1 Å². The van der Waals surface area contributed by atoms with Crippen molar-refractivity contribution in [1.29, 1.82) is 0 Å². The van der Waals surface area contributed by atoms with Gasteiger partial charge in [0.15, 0.2) is 0 Å². The van der Waals surface area contributed by atoms with Crippen molar-refractivity contribution >= 4 is 29.0 Å². The molecule has 0 saturated heterocycles. The van der Waals surface area contributed by atoms with E-state index in [1.165, 1.54) is 11.8 Å². The Labute approximate surface area is 116 Å². The van der Waals surface area contributed by atoms with E-state index in [9.17, 15) is 4.79 Å². The summed E-state index contributed by atoms with van der Waals surface area (Å²) in [7, 11) is 0. The zero-order chi connectivity index (χ0) is 13.7. The summed E-state index contributed by atoms with van der Waals surface area (Å²) in [5, 5.41) is 2.63. The summed E-state index contributed by atoms with van der Waals surface area (Å²) in [6.45, 7) is 1.85. The Morgan fingerprint density at radius 1 is 1.32 bits per heavy atom. The summed E-state index contributed by atoms with van der Waals surface area (Å²) in [4.78, 5) is 16.8. The molecule has 2 aromatic rings. The number of aromatic nitrogens is 1. The van der Waals surface area contributed by atoms with Crippen molar-refractivity contribution in [1.82, 2.24) is 4.98 Å². The first-order chi connectivity index (χ1) is 9.16. The molecule has 2 rings (SSSR count). The van der Waals surface area contributed by atoms with E-state index in [2.05, 4.69) is 10.3 Å². The van der Waals surface area contributed by atoms with Gasteiger partial charge >= 0.3 is 0 Å². The second-order valence-corrected chi connectivity index (χ2v) is 5.41. The second-order valence-electron chi connectivity index (χ2n) is 4.03. The summed E-state index contributed by atoms with van der Waals surface area (Å²) in [6, 6.07) is 11.2. The van der Waals surface area contributed by atoms with E-state index in [0.717, 1.165) is 10.6 Å². The minimum absolute atomic E-state index is 0.0487. The standard InChI is InChI=1S/C14H15N3OS/c1-10(19-13-7-8-16-9-12(13)15)14(18)17-11-5-3-2-4-6-11/h2-10H,15H2,1H3,(H,17,18). The van der Waals surface area contributed by atoms with Crippen LogP contribution < -0.4 is 11.1 Å². The number of nitrogens with two attached hydrogens (primary N) is 1. The Morgan fingerprint density at radius 3 is 2.74 bits per heavy atom. The van der Waals surface area contributed by atoms with Gasteiger partial charge in [-0.2, -0.15) is 0 Å². The number of hydrogen-bond donors (Lipinski definition) is 2. The summed E-state index contributed by atoms with van der Waals surface area (Å²) < 4.78 is 0. The lowest BCUT2D eigenvalue weighted by Crippen LogP contribution is -2.22. The lowest BCUT2D eigenvalue weighted by Gasteiger charge is -2.12. The largest absolute Gasteiger partial charge is 0.397 e. The van der Waals surface area contributed by atoms with E-state index in [4.69, 9.17) is 5.73 Å². The van der Waals surface area contributed by atoms with E-state index in [-0.39, 0.29) is 11.2 Å². The van der Waals surface area contributed by atoms with Crippen LogP contribution in [0.25, 0.3) is 0 Å². The van der Waals surface area contributed by atoms with Crippen molar-refractivity contribution in [3.8, 4) is 0 Å². The molecule has 98 valence electrons. The van der Waals surface area contributed by atoms with Gasteiger partial charge in [-0.05, 0) is 25.1 Å². The van der Waals surface area contributed by atoms with Crippen molar-refractivity contribution in [3.05, 3.63) is 48.8 Å². The van der Waals surface area contributed by atoms with Crippen LogP contribution >= 0.6 is 11.8 Å². The first kappa shape index (κ1) is 13.4. The second kappa shape index (κ2) is 6.24. The lowest BCUT2D eigenvalue weighted by atomic mass is 10.3. The van der Waals surface area contributed by atoms with Crippen LogP contribution in [-0.2, 0) is 4.79 Å². The fourth-order valence-electron chi connectivity index (χ4n) is 1.51. The summed E-state index contributed by atoms with van der Waals surface area (Å²) >= 11 is 1.42. The molecule has 19 heavy (non-hydrogen) atoms. The molecule has 5 heteroatoms. The number of hydrogen-bond acceptors (Lipinski definition) is 4. The predicted octanol–water partition coefficient (Wildman–Crippen LogP) is 2.78. The normalized spacial score (nSPS) is 11.8. The van der Waals surface area contributed by atoms with Crippen LogP contribution in [-0.4, -0.2) is 16.1 Å². The minimum Gasteiger partial charge on any atom is -0.397 e. The molecule has 0 spiro atoms. The molecule has 1 amide bonds. The maximum absolute atomic E-state index is 12.0. The number of benzene rings is 1. The molecule has 3 N–H and O–H groups in total. The molecule has 0 bridgehead atoms. The van der Waals surface area contributed by atoms with Gasteiger partial charge in [0.1, 0.15) is 0 Å². The van der Waals surface area contributed by atoms with E-state index in [1.807, 2.05) is 43.3 Å². The highest BCUT2D eigenvalue weighted by molar-refractivity contribution is 8.00. The zero-order valence-corrected chi connectivity index (χ0v) is 11.4. The number of nitrogen functional groups attached to an aromatic ring is 1. The molecule has 1 atom stereocenters. The first-order valence-electron chi connectivity index (χ1n) is 5.89.